The summed E-state index contributed by atoms with van der Waals surface area (Å²) in [5.41, 5.74) is 0.979. The summed E-state index contributed by atoms with van der Waals surface area (Å²) in [6, 6.07) is 11.7. The minimum Gasteiger partial charge on any atom is -0.465 e. The molecule has 0 N–H and O–H groups in total. The van der Waals surface area contributed by atoms with Crippen molar-refractivity contribution in [3.05, 3.63) is 58.6 Å². The number of methoxy groups -OCH3 is 1. The molecule has 5 nitrogen and oxygen atoms in total. The first-order valence-electron chi connectivity index (χ1n) is 7.26. The molecule has 0 aliphatic heterocycles. The van der Waals surface area contributed by atoms with Gasteiger partial charge in [-0.05, 0) is 42.2 Å². The highest BCUT2D eigenvalue weighted by Crippen LogP contribution is 2.27. The monoisotopic (exact) mass is 399 g/mol. The van der Waals surface area contributed by atoms with Gasteiger partial charge in [0.1, 0.15) is 4.90 Å². The summed E-state index contributed by atoms with van der Waals surface area (Å²) in [6.07, 6.45) is 1.97. The molecule has 0 fully saturated rings. The lowest BCUT2D eigenvalue weighted by Gasteiger charge is -2.18. The van der Waals surface area contributed by atoms with Crippen LogP contribution in [0.3, 0.4) is 0 Å². The van der Waals surface area contributed by atoms with Crippen LogP contribution < -0.4 is 0 Å². The van der Waals surface area contributed by atoms with Crippen LogP contribution in [0.15, 0.2) is 52.3 Å². The number of thioether (sulfide) groups is 1. The number of benzene rings is 2. The second-order valence-corrected chi connectivity index (χ2v) is 8.55. The van der Waals surface area contributed by atoms with Gasteiger partial charge in [-0.25, -0.2) is 13.2 Å². The molecule has 0 saturated carbocycles. The first-order valence-corrected chi connectivity index (χ1v) is 10.3. The summed E-state index contributed by atoms with van der Waals surface area (Å²) < 4.78 is 31.5. The smallest absolute Gasteiger partial charge is 0.337 e. The van der Waals surface area contributed by atoms with Crippen LogP contribution in [-0.2, 0) is 21.3 Å². The van der Waals surface area contributed by atoms with Crippen molar-refractivity contribution in [2.24, 2.45) is 0 Å². The van der Waals surface area contributed by atoms with Crippen molar-refractivity contribution >= 4 is 39.4 Å². The number of ether oxygens (including phenoxy) is 1. The zero-order chi connectivity index (χ0) is 18.6. The number of halogens is 1. The van der Waals surface area contributed by atoms with E-state index in [0.29, 0.717) is 0 Å². The lowest BCUT2D eigenvalue weighted by molar-refractivity contribution is 0.0600. The number of rotatable bonds is 6. The van der Waals surface area contributed by atoms with Gasteiger partial charge in [-0.2, -0.15) is 4.31 Å². The topological polar surface area (TPSA) is 63.7 Å². The van der Waals surface area contributed by atoms with Gasteiger partial charge >= 0.3 is 5.97 Å². The standard InChI is InChI=1S/C17H18ClNO4S2/c1-19(11-12-4-7-14(24-3)8-5-12)25(21,22)16-10-13(17(20)23-2)6-9-15(16)18/h4-10H,11H2,1-3H3. The van der Waals surface area contributed by atoms with E-state index in [1.807, 2.05) is 30.5 Å². The first-order chi connectivity index (χ1) is 11.8. The lowest BCUT2D eigenvalue weighted by Crippen LogP contribution is -2.27. The van der Waals surface area contributed by atoms with Crippen molar-refractivity contribution in [3.63, 3.8) is 0 Å². The van der Waals surface area contributed by atoms with Crippen molar-refractivity contribution < 1.29 is 17.9 Å². The third-order valence-corrected chi connectivity index (χ3v) is 6.63. The Hall–Kier alpha value is -1.54. The number of sulfonamides is 1. The largest absolute Gasteiger partial charge is 0.465 e. The molecule has 2 aromatic carbocycles. The van der Waals surface area contributed by atoms with Crippen molar-refractivity contribution in [3.8, 4) is 0 Å². The van der Waals surface area contributed by atoms with Crippen LogP contribution in [0.25, 0.3) is 0 Å². The molecule has 0 bridgehead atoms. The van der Waals surface area contributed by atoms with E-state index in [1.165, 1.54) is 36.7 Å². The molecular weight excluding hydrogens is 382 g/mol. The Morgan fingerprint density at radius 3 is 2.40 bits per heavy atom. The van der Waals surface area contributed by atoms with E-state index in [4.69, 9.17) is 11.6 Å². The molecule has 0 atom stereocenters. The van der Waals surface area contributed by atoms with Gasteiger partial charge < -0.3 is 4.74 Å². The van der Waals surface area contributed by atoms with Crippen molar-refractivity contribution in [1.29, 1.82) is 0 Å². The zero-order valence-electron chi connectivity index (χ0n) is 14.0. The van der Waals surface area contributed by atoms with Gasteiger partial charge in [0, 0.05) is 18.5 Å². The van der Waals surface area contributed by atoms with E-state index in [9.17, 15) is 13.2 Å². The average molecular weight is 400 g/mol. The molecule has 0 aromatic heterocycles. The number of carbonyl (C=O) groups is 1. The predicted molar refractivity (Wildman–Crippen MR) is 99.7 cm³/mol. The number of carbonyl (C=O) groups excluding carboxylic acids is 1. The van der Waals surface area contributed by atoms with E-state index in [1.54, 1.807) is 11.8 Å². The van der Waals surface area contributed by atoms with E-state index < -0.39 is 16.0 Å². The SMILES string of the molecule is COC(=O)c1ccc(Cl)c(S(=O)(=O)N(C)Cc2ccc(SC)cc2)c1. The van der Waals surface area contributed by atoms with Crippen molar-refractivity contribution in [2.45, 2.75) is 16.3 Å². The predicted octanol–water partition coefficient (Wildman–Crippen LogP) is 3.67. The summed E-state index contributed by atoms with van der Waals surface area (Å²) in [5, 5.41) is 0.0530. The van der Waals surface area contributed by atoms with E-state index in [-0.39, 0.29) is 22.0 Å². The Kier molecular flexibility index (Phi) is 6.51. The number of hydrogen-bond acceptors (Lipinski definition) is 5. The Bertz CT molecular complexity index is 867. The maximum atomic E-state index is 12.8. The molecule has 0 aliphatic carbocycles. The fraction of sp³-hybridized carbons (Fsp3) is 0.235. The first kappa shape index (κ1) is 19.8. The summed E-state index contributed by atoms with van der Waals surface area (Å²) in [4.78, 5) is 12.6. The van der Waals surface area contributed by atoms with Crippen LogP contribution in [0.1, 0.15) is 15.9 Å². The Morgan fingerprint density at radius 2 is 1.84 bits per heavy atom. The van der Waals surface area contributed by atoms with Crippen LogP contribution in [0.4, 0.5) is 0 Å². The molecule has 2 aromatic rings. The van der Waals surface area contributed by atoms with Gasteiger partial charge in [0.15, 0.2) is 0 Å². The van der Waals surface area contributed by atoms with Gasteiger partial charge in [0.05, 0.1) is 17.7 Å². The third-order valence-electron chi connectivity index (χ3n) is 3.60. The van der Waals surface area contributed by atoms with Gasteiger partial charge in [-0.3, -0.25) is 0 Å². The molecule has 2 rings (SSSR count). The van der Waals surface area contributed by atoms with Gasteiger partial charge in [0.25, 0.3) is 0 Å². The molecule has 0 spiro atoms. The summed E-state index contributed by atoms with van der Waals surface area (Å²) in [6.45, 7) is 0.190. The lowest BCUT2D eigenvalue weighted by atomic mass is 10.2. The maximum absolute atomic E-state index is 12.8. The maximum Gasteiger partial charge on any atom is 0.337 e. The zero-order valence-corrected chi connectivity index (χ0v) is 16.4. The number of nitrogens with zero attached hydrogens (tertiary/aromatic N) is 1. The molecule has 0 heterocycles. The van der Waals surface area contributed by atoms with E-state index >= 15 is 0 Å². The fourth-order valence-corrected chi connectivity index (χ4v) is 4.25. The minimum atomic E-state index is -3.86. The Balaban J connectivity index is 2.31. The van der Waals surface area contributed by atoms with Gasteiger partial charge in [-0.1, -0.05) is 23.7 Å². The van der Waals surface area contributed by atoms with Crippen molar-refractivity contribution in [1.82, 2.24) is 4.31 Å². The molecule has 8 heteroatoms. The van der Waals surface area contributed by atoms with Crippen LogP contribution in [0, 0.1) is 0 Å². The third kappa shape index (κ3) is 4.55. The summed E-state index contributed by atoms with van der Waals surface area (Å²) >= 11 is 7.67. The van der Waals surface area contributed by atoms with Crippen molar-refractivity contribution in [2.75, 3.05) is 20.4 Å². The molecular formula is C17H18ClNO4S2. The van der Waals surface area contributed by atoms with E-state index in [2.05, 4.69) is 4.74 Å². The molecule has 0 aliphatic rings. The quantitative estimate of drug-likeness (QED) is 0.547. The number of esters is 1. The Labute approximate surface area is 157 Å². The second kappa shape index (κ2) is 8.23. The molecule has 0 saturated heterocycles. The molecule has 25 heavy (non-hydrogen) atoms. The second-order valence-electron chi connectivity index (χ2n) is 5.25. The normalized spacial score (nSPS) is 11.6. The summed E-state index contributed by atoms with van der Waals surface area (Å²) in [5.74, 6) is -0.622. The molecule has 0 amide bonds. The van der Waals surface area contributed by atoms with Gasteiger partial charge in [0.2, 0.25) is 10.0 Å². The van der Waals surface area contributed by atoms with Crippen LogP contribution in [0.2, 0.25) is 5.02 Å². The number of hydrogen-bond donors (Lipinski definition) is 0. The highest BCUT2D eigenvalue weighted by atomic mass is 35.5. The average Bonchev–Trinajstić information content (AvgIpc) is 2.61. The highest BCUT2D eigenvalue weighted by molar-refractivity contribution is 7.98. The Morgan fingerprint density at radius 1 is 1.20 bits per heavy atom. The molecule has 0 radical (unpaired) electrons. The molecule has 0 unspecified atom stereocenters. The van der Waals surface area contributed by atoms with Crippen LogP contribution in [0.5, 0.6) is 0 Å². The fourth-order valence-electron chi connectivity index (χ4n) is 2.19. The van der Waals surface area contributed by atoms with Gasteiger partial charge in [-0.15, -0.1) is 11.8 Å². The minimum absolute atomic E-state index is 0.0530. The highest BCUT2D eigenvalue weighted by Gasteiger charge is 2.25. The summed E-state index contributed by atoms with van der Waals surface area (Å²) in [7, 11) is -1.16. The molecule has 134 valence electrons. The van der Waals surface area contributed by atoms with Crippen LogP contribution in [-0.4, -0.2) is 39.1 Å². The van der Waals surface area contributed by atoms with Crippen LogP contribution >= 0.6 is 23.4 Å². The van der Waals surface area contributed by atoms with E-state index in [0.717, 1.165) is 10.5 Å².